The number of urea groups is 1. The van der Waals surface area contributed by atoms with Crippen LogP contribution >= 0.6 is 0 Å². The summed E-state index contributed by atoms with van der Waals surface area (Å²) in [7, 11) is 1.71. The summed E-state index contributed by atoms with van der Waals surface area (Å²) in [6, 6.07) is 0.178. The van der Waals surface area contributed by atoms with Gasteiger partial charge in [0, 0.05) is 13.2 Å². The first-order valence-corrected chi connectivity index (χ1v) is 6.41. The minimum atomic E-state index is -0.439. The van der Waals surface area contributed by atoms with Crippen molar-refractivity contribution in [2.75, 3.05) is 7.11 Å². The highest BCUT2D eigenvalue weighted by Crippen LogP contribution is 2.45. The lowest BCUT2D eigenvalue weighted by Gasteiger charge is -2.46. The maximum atomic E-state index is 12.0. The number of methoxy groups -OCH3 is 1. The van der Waals surface area contributed by atoms with E-state index in [1.54, 1.807) is 7.11 Å². The van der Waals surface area contributed by atoms with Gasteiger partial charge in [0.05, 0.1) is 6.10 Å². The molecule has 3 rings (SSSR count). The van der Waals surface area contributed by atoms with E-state index in [1.807, 2.05) is 4.90 Å². The van der Waals surface area contributed by atoms with Crippen molar-refractivity contribution >= 4 is 11.9 Å². The first kappa shape index (κ1) is 11.0. The van der Waals surface area contributed by atoms with Crippen LogP contribution in [0.1, 0.15) is 38.5 Å². The number of nitrogens with zero attached hydrogens (tertiary/aromatic N) is 2. The summed E-state index contributed by atoms with van der Waals surface area (Å²) in [4.78, 5) is 17.9. The molecule has 1 spiro atoms. The Bertz CT molecular complexity index is 378. The number of carbonyl (C=O) groups is 1. The average molecular weight is 237 g/mol. The number of aliphatic imine (C=N–C) groups is 1. The van der Waals surface area contributed by atoms with Crippen LogP contribution in [-0.2, 0) is 4.74 Å². The smallest absolute Gasteiger partial charge is 0.346 e. The number of nitrogens with two attached hydrogens (primary N) is 1. The third kappa shape index (κ3) is 1.41. The number of amides is 2. The third-order valence-electron chi connectivity index (χ3n) is 4.30. The molecular formula is C12H19N3O2. The Labute approximate surface area is 101 Å². The second kappa shape index (κ2) is 3.70. The maximum absolute atomic E-state index is 12.0. The van der Waals surface area contributed by atoms with Gasteiger partial charge < -0.3 is 15.4 Å². The van der Waals surface area contributed by atoms with Gasteiger partial charge in [-0.3, -0.25) is 0 Å². The number of ether oxygens (including phenoxy) is 1. The molecule has 0 aromatic heterocycles. The summed E-state index contributed by atoms with van der Waals surface area (Å²) in [5.74, 6) is 0.473. The van der Waals surface area contributed by atoms with Gasteiger partial charge in [-0.1, -0.05) is 12.8 Å². The van der Waals surface area contributed by atoms with Gasteiger partial charge in [0.1, 0.15) is 11.4 Å². The van der Waals surface area contributed by atoms with E-state index in [2.05, 4.69) is 4.99 Å². The lowest BCUT2D eigenvalue weighted by Crippen LogP contribution is -2.64. The fourth-order valence-corrected chi connectivity index (χ4v) is 3.37. The van der Waals surface area contributed by atoms with Crippen LogP contribution in [0.25, 0.3) is 0 Å². The summed E-state index contributed by atoms with van der Waals surface area (Å²) in [5.41, 5.74) is 5.63. The molecule has 2 unspecified atom stereocenters. The van der Waals surface area contributed by atoms with Gasteiger partial charge >= 0.3 is 6.03 Å². The van der Waals surface area contributed by atoms with Gasteiger partial charge in [0.2, 0.25) is 0 Å². The molecular weight excluding hydrogens is 218 g/mol. The fraction of sp³-hybridized carbons (Fsp3) is 0.833. The Kier molecular flexibility index (Phi) is 2.40. The molecule has 2 aliphatic carbocycles. The molecule has 0 bridgehead atoms. The molecule has 1 aliphatic heterocycles. The van der Waals surface area contributed by atoms with Gasteiger partial charge in [-0.25, -0.2) is 4.79 Å². The topological polar surface area (TPSA) is 67.9 Å². The molecule has 2 amide bonds. The molecule has 5 heteroatoms. The molecule has 2 fully saturated rings. The van der Waals surface area contributed by atoms with E-state index in [0.717, 1.165) is 38.5 Å². The van der Waals surface area contributed by atoms with E-state index in [1.165, 1.54) is 0 Å². The summed E-state index contributed by atoms with van der Waals surface area (Å²) in [6.07, 6.45) is 6.24. The minimum absolute atomic E-state index is 0.00653. The Morgan fingerprint density at radius 3 is 2.82 bits per heavy atom. The molecule has 3 aliphatic rings. The van der Waals surface area contributed by atoms with Crippen molar-refractivity contribution < 1.29 is 9.53 Å². The van der Waals surface area contributed by atoms with Gasteiger partial charge in [-0.15, -0.1) is 0 Å². The number of carbonyl (C=O) groups excluding carboxylic acids is 1. The molecule has 2 atom stereocenters. The summed E-state index contributed by atoms with van der Waals surface area (Å²) >= 11 is 0. The lowest BCUT2D eigenvalue weighted by atomic mass is 9.77. The van der Waals surface area contributed by atoms with Crippen LogP contribution in [0.15, 0.2) is 4.99 Å². The molecule has 2 N–H and O–H groups in total. The van der Waals surface area contributed by atoms with E-state index in [-0.39, 0.29) is 12.1 Å². The van der Waals surface area contributed by atoms with Crippen molar-refractivity contribution in [1.29, 1.82) is 0 Å². The van der Waals surface area contributed by atoms with Crippen LogP contribution in [-0.4, -0.2) is 41.6 Å². The molecule has 17 heavy (non-hydrogen) atoms. The van der Waals surface area contributed by atoms with Gasteiger partial charge in [-0.05, 0) is 25.7 Å². The number of rotatable bonds is 2. The van der Waals surface area contributed by atoms with Crippen LogP contribution in [0.5, 0.6) is 0 Å². The molecule has 0 saturated heterocycles. The fourth-order valence-electron chi connectivity index (χ4n) is 3.37. The van der Waals surface area contributed by atoms with Gasteiger partial charge in [0.15, 0.2) is 0 Å². The predicted molar refractivity (Wildman–Crippen MR) is 63.9 cm³/mol. The number of hydrogen-bond acceptors (Lipinski definition) is 3. The quantitative estimate of drug-likeness (QED) is 0.786. The van der Waals surface area contributed by atoms with Crippen molar-refractivity contribution in [3.8, 4) is 0 Å². The Hall–Kier alpha value is -1.10. The van der Waals surface area contributed by atoms with E-state index in [4.69, 9.17) is 10.5 Å². The second-order valence-electron chi connectivity index (χ2n) is 5.28. The number of hydrogen-bond donors (Lipinski definition) is 1. The summed E-state index contributed by atoms with van der Waals surface area (Å²) < 4.78 is 5.60. The molecule has 0 aromatic rings. The van der Waals surface area contributed by atoms with Crippen molar-refractivity contribution in [1.82, 2.24) is 4.90 Å². The normalized spacial score (nSPS) is 37.7. The van der Waals surface area contributed by atoms with Crippen molar-refractivity contribution in [3.63, 3.8) is 0 Å². The van der Waals surface area contributed by atoms with Crippen molar-refractivity contribution in [3.05, 3.63) is 0 Å². The Morgan fingerprint density at radius 2 is 2.18 bits per heavy atom. The molecule has 94 valence electrons. The molecule has 1 heterocycles. The van der Waals surface area contributed by atoms with Crippen molar-refractivity contribution in [2.45, 2.75) is 56.2 Å². The largest absolute Gasteiger partial charge is 0.385 e. The van der Waals surface area contributed by atoms with Crippen LogP contribution in [0.4, 0.5) is 4.79 Å². The van der Waals surface area contributed by atoms with E-state index >= 15 is 0 Å². The monoisotopic (exact) mass is 237 g/mol. The Balaban J connectivity index is 2.00. The summed E-state index contributed by atoms with van der Waals surface area (Å²) in [5, 5.41) is 0. The van der Waals surface area contributed by atoms with Crippen molar-refractivity contribution in [2.24, 2.45) is 10.7 Å². The standard InChI is InChI=1S/C12H19N3O2/c1-17-9-4-2-3-7-12(9)10(13)14-11(16)15(12)8-5-6-8/h8-9H,2-7H2,1H3,(H2,13,14,16). The van der Waals surface area contributed by atoms with Crippen LogP contribution in [0.2, 0.25) is 0 Å². The molecule has 0 aromatic carbocycles. The highest BCUT2D eigenvalue weighted by atomic mass is 16.5. The van der Waals surface area contributed by atoms with Crippen LogP contribution in [0, 0.1) is 0 Å². The van der Waals surface area contributed by atoms with Gasteiger partial charge in [-0.2, -0.15) is 4.99 Å². The average Bonchev–Trinajstić information content (AvgIpc) is 3.10. The first-order valence-electron chi connectivity index (χ1n) is 6.41. The third-order valence-corrected chi connectivity index (χ3v) is 4.30. The first-order chi connectivity index (χ1) is 8.20. The second-order valence-corrected chi connectivity index (χ2v) is 5.28. The van der Waals surface area contributed by atoms with E-state index in [9.17, 15) is 4.79 Å². The van der Waals surface area contributed by atoms with Gasteiger partial charge in [0.25, 0.3) is 0 Å². The SMILES string of the molecule is COC1CCCCC12C(N)=NC(=O)N2C1CC1. The highest BCUT2D eigenvalue weighted by molar-refractivity contribution is 6.06. The number of amidine groups is 1. The van der Waals surface area contributed by atoms with E-state index < -0.39 is 5.54 Å². The predicted octanol–water partition coefficient (Wildman–Crippen LogP) is 1.27. The lowest BCUT2D eigenvalue weighted by molar-refractivity contribution is -0.0232. The zero-order valence-corrected chi connectivity index (χ0v) is 10.2. The van der Waals surface area contributed by atoms with E-state index in [0.29, 0.717) is 11.9 Å². The zero-order valence-electron chi connectivity index (χ0n) is 10.2. The zero-order chi connectivity index (χ0) is 12.0. The summed E-state index contributed by atoms with van der Waals surface area (Å²) in [6.45, 7) is 0. The minimum Gasteiger partial charge on any atom is -0.385 e. The highest BCUT2D eigenvalue weighted by Gasteiger charge is 2.58. The molecule has 2 saturated carbocycles. The molecule has 0 radical (unpaired) electrons. The van der Waals surface area contributed by atoms with Crippen LogP contribution < -0.4 is 5.73 Å². The maximum Gasteiger partial charge on any atom is 0.346 e. The van der Waals surface area contributed by atoms with Crippen LogP contribution in [0.3, 0.4) is 0 Å². The molecule has 5 nitrogen and oxygen atoms in total. The Morgan fingerprint density at radius 1 is 1.41 bits per heavy atom.